The molecule has 0 aliphatic carbocycles. The second-order valence-electron chi connectivity index (χ2n) is 9.38. The van der Waals surface area contributed by atoms with Gasteiger partial charge in [-0.15, -0.1) is 0 Å². The van der Waals surface area contributed by atoms with Crippen LogP contribution in [0.3, 0.4) is 0 Å². The fourth-order valence-corrected chi connectivity index (χ4v) is 4.32. The van der Waals surface area contributed by atoms with Crippen molar-refractivity contribution < 1.29 is 13.9 Å². The van der Waals surface area contributed by atoms with Crippen LogP contribution in [0, 0.1) is 6.92 Å². The second-order valence-corrected chi connectivity index (χ2v) is 9.38. The molecule has 2 aromatic rings. The van der Waals surface area contributed by atoms with Gasteiger partial charge >= 0.3 is 11.7 Å². The number of piperazine rings is 1. The lowest BCUT2D eigenvalue weighted by Crippen LogP contribution is -2.44. The zero-order valence-corrected chi connectivity index (χ0v) is 18.6. The quantitative estimate of drug-likeness (QED) is 0.669. The molecule has 1 saturated heterocycles. The summed E-state index contributed by atoms with van der Waals surface area (Å²) in [6.45, 7) is 12.3. The van der Waals surface area contributed by atoms with E-state index in [1.54, 1.807) is 4.90 Å². The minimum Gasteiger partial charge on any atom is -0.444 e. The van der Waals surface area contributed by atoms with Crippen LogP contribution in [0.2, 0.25) is 0 Å². The number of hydrogen-bond acceptors (Lipinski definition) is 6. The molecule has 0 radical (unpaired) electrons. The Morgan fingerprint density at radius 1 is 1.07 bits per heavy atom. The highest BCUT2D eigenvalue weighted by molar-refractivity contribution is 5.88. The van der Waals surface area contributed by atoms with Crippen LogP contribution in [-0.2, 0) is 17.7 Å². The van der Waals surface area contributed by atoms with Gasteiger partial charge in [0.25, 0.3) is 0 Å². The summed E-state index contributed by atoms with van der Waals surface area (Å²) in [6, 6.07) is 4.21. The van der Waals surface area contributed by atoms with Crippen LogP contribution in [0.25, 0.3) is 11.0 Å². The maximum absolute atomic E-state index is 12.8. The number of carbonyl (C=O) groups excluding carboxylic acids is 1. The molecule has 1 amide bonds. The number of carbonyl (C=O) groups is 1. The SMILES string of the molecule is Cc1c(N2CCN(C)CC2)ccc2c3c(c(=O)oc12)CN(C(=O)OC(C)(C)C)CC3. The van der Waals surface area contributed by atoms with Gasteiger partial charge in [-0.1, -0.05) is 0 Å². The first-order valence-corrected chi connectivity index (χ1v) is 10.6. The molecule has 30 heavy (non-hydrogen) atoms. The standard InChI is InChI=1S/C23H31N3O4/c1-15-19(25-12-10-24(5)11-13-25)7-6-17-16-8-9-26(22(28)30-23(2,3)4)14-18(16)21(27)29-20(15)17/h6-7H,8-14H2,1-5H3. The Kier molecular flexibility index (Phi) is 5.26. The van der Waals surface area contributed by atoms with Gasteiger partial charge in [-0.25, -0.2) is 9.59 Å². The molecular formula is C23H31N3O4. The lowest BCUT2D eigenvalue weighted by atomic mass is 9.95. The number of likely N-dealkylation sites (N-methyl/N-ethyl adjacent to an activating group) is 1. The number of fused-ring (bicyclic) bond motifs is 3. The fourth-order valence-electron chi connectivity index (χ4n) is 4.32. The van der Waals surface area contributed by atoms with E-state index in [0.717, 1.165) is 48.4 Å². The Bertz CT molecular complexity index is 1030. The molecule has 0 spiro atoms. The van der Waals surface area contributed by atoms with Gasteiger partial charge in [0, 0.05) is 49.4 Å². The van der Waals surface area contributed by atoms with Gasteiger partial charge in [0.15, 0.2) is 0 Å². The van der Waals surface area contributed by atoms with Crippen molar-refractivity contribution in [3.05, 3.63) is 39.2 Å². The summed E-state index contributed by atoms with van der Waals surface area (Å²) in [5, 5.41) is 0.976. The van der Waals surface area contributed by atoms with Crippen molar-refractivity contribution in [1.82, 2.24) is 9.80 Å². The number of amides is 1. The van der Waals surface area contributed by atoms with Crippen LogP contribution in [0.15, 0.2) is 21.3 Å². The Labute approximate surface area is 177 Å². The Morgan fingerprint density at radius 3 is 2.43 bits per heavy atom. The lowest BCUT2D eigenvalue weighted by molar-refractivity contribution is 0.0222. The number of ether oxygens (including phenoxy) is 1. The summed E-state index contributed by atoms with van der Waals surface area (Å²) in [4.78, 5) is 31.6. The maximum atomic E-state index is 12.8. The van der Waals surface area contributed by atoms with Gasteiger partial charge in [-0.2, -0.15) is 0 Å². The number of hydrogen-bond donors (Lipinski definition) is 0. The van der Waals surface area contributed by atoms with Crippen LogP contribution in [0.5, 0.6) is 0 Å². The van der Waals surface area contributed by atoms with Crippen molar-refractivity contribution in [2.24, 2.45) is 0 Å². The third-order valence-corrected chi connectivity index (χ3v) is 5.98. The number of aryl methyl sites for hydroxylation is 1. The molecule has 0 bridgehead atoms. The third-order valence-electron chi connectivity index (χ3n) is 5.98. The normalized spacial score (nSPS) is 17.9. The molecule has 7 heteroatoms. The highest BCUT2D eigenvalue weighted by Crippen LogP contribution is 2.33. The monoisotopic (exact) mass is 413 g/mol. The first-order valence-electron chi connectivity index (χ1n) is 10.6. The highest BCUT2D eigenvalue weighted by atomic mass is 16.6. The zero-order chi connectivity index (χ0) is 21.6. The Balaban J connectivity index is 1.67. The predicted octanol–water partition coefficient (Wildman–Crippen LogP) is 3.15. The van der Waals surface area contributed by atoms with Gasteiger partial charge < -0.3 is 23.9 Å². The number of anilines is 1. The van der Waals surface area contributed by atoms with Gasteiger partial charge in [0.2, 0.25) is 0 Å². The van der Waals surface area contributed by atoms with Crippen molar-refractivity contribution in [3.8, 4) is 0 Å². The maximum Gasteiger partial charge on any atom is 0.410 e. The van der Waals surface area contributed by atoms with Crippen LogP contribution in [0.1, 0.15) is 37.5 Å². The van der Waals surface area contributed by atoms with E-state index in [1.165, 1.54) is 0 Å². The Hall–Kier alpha value is -2.54. The summed E-state index contributed by atoms with van der Waals surface area (Å²) in [7, 11) is 2.14. The average molecular weight is 414 g/mol. The van der Waals surface area contributed by atoms with Crippen molar-refractivity contribution >= 4 is 22.7 Å². The number of benzene rings is 1. The second kappa shape index (κ2) is 7.61. The predicted molar refractivity (Wildman–Crippen MR) is 117 cm³/mol. The molecular weight excluding hydrogens is 382 g/mol. The minimum absolute atomic E-state index is 0.224. The topological polar surface area (TPSA) is 66.2 Å². The number of nitrogens with zero attached hydrogens (tertiary/aromatic N) is 3. The van der Waals surface area contributed by atoms with Gasteiger partial charge in [0.1, 0.15) is 11.2 Å². The molecule has 0 N–H and O–H groups in total. The van der Waals surface area contributed by atoms with E-state index < -0.39 is 11.7 Å². The summed E-state index contributed by atoms with van der Waals surface area (Å²) in [6.07, 6.45) is 0.221. The highest BCUT2D eigenvalue weighted by Gasteiger charge is 2.29. The molecule has 2 aliphatic heterocycles. The summed E-state index contributed by atoms with van der Waals surface area (Å²) < 4.78 is 11.3. The van der Waals surface area contributed by atoms with E-state index in [1.807, 2.05) is 27.7 Å². The van der Waals surface area contributed by atoms with E-state index in [9.17, 15) is 9.59 Å². The first kappa shape index (κ1) is 20.7. The molecule has 7 nitrogen and oxygen atoms in total. The van der Waals surface area contributed by atoms with Gasteiger partial charge in [0.05, 0.1) is 12.1 Å². The first-order chi connectivity index (χ1) is 14.1. The van der Waals surface area contributed by atoms with E-state index in [0.29, 0.717) is 24.1 Å². The van der Waals surface area contributed by atoms with E-state index in [2.05, 4.69) is 29.0 Å². The Morgan fingerprint density at radius 2 is 1.77 bits per heavy atom. The van der Waals surface area contributed by atoms with E-state index >= 15 is 0 Å². The number of rotatable bonds is 1. The van der Waals surface area contributed by atoms with Crippen LogP contribution in [-0.4, -0.2) is 61.3 Å². The average Bonchev–Trinajstić information content (AvgIpc) is 2.68. The van der Waals surface area contributed by atoms with Crippen molar-refractivity contribution in [1.29, 1.82) is 0 Å². The van der Waals surface area contributed by atoms with Crippen LogP contribution < -0.4 is 10.5 Å². The largest absolute Gasteiger partial charge is 0.444 e. The lowest BCUT2D eigenvalue weighted by Gasteiger charge is -2.35. The van der Waals surface area contributed by atoms with Crippen molar-refractivity contribution in [3.63, 3.8) is 0 Å². The molecule has 1 fully saturated rings. The zero-order valence-electron chi connectivity index (χ0n) is 18.6. The summed E-state index contributed by atoms with van der Waals surface area (Å²) in [5.74, 6) is 0. The van der Waals surface area contributed by atoms with Gasteiger partial charge in [-0.05, 0) is 58.9 Å². The summed E-state index contributed by atoms with van der Waals surface area (Å²) >= 11 is 0. The molecule has 2 aliphatic rings. The molecule has 1 aromatic heterocycles. The van der Waals surface area contributed by atoms with Crippen LogP contribution >= 0.6 is 0 Å². The summed E-state index contributed by atoms with van der Waals surface area (Å²) in [5.41, 5.74) is 3.43. The van der Waals surface area contributed by atoms with E-state index in [-0.39, 0.29) is 12.2 Å². The van der Waals surface area contributed by atoms with Crippen LogP contribution in [0.4, 0.5) is 10.5 Å². The molecule has 0 atom stereocenters. The molecule has 0 unspecified atom stereocenters. The van der Waals surface area contributed by atoms with Gasteiger partial charge in [-0.3, -0.25) is 0 Å². The minimum atomic E-state index is -0.567. The van der Waals surface area contributed by atoms with Crippen molar-refractivity contribution in [2.45, 2.75) is 46.3 Å². The molecule has 1 aromatic carbocycles. The molecule has 4 rings (SSSR count). The third kappa shape index (κ3) is 3.90. The van der Waals surface area contributed by atoms with Crippen molar-refractivity contribution in [2.75, 3.05) is 44.7 Å². The fraction of sp³-hybridized carbons (Fsp3) is 0.565. The molecule has 3 heterocycles. The molecule has 162 valence electrons. The van der Waals surface area contributed by atoms with E-state index in [4.69, 9.17) is 9.15 Å². The molecule has 0 saturated carbocycles. The smallest absolute Gasteiger partial charge is 0.410 e.